The molecule has 1 aromatic rings. The summed E-state index contributed by atoms with van der Waals surface area (Å²) in [4.78, 5) is 2.28. The molecule has 1 aliphatic rings. The van der Waals surface area contributed by atoms with E-state index in [1.807, 2.05) is 19.1 Å². The summed E-state index contributed by atoms with van der Waals surface area (Å²) in [5.41, 5.74) is 1.79. The average molecular weight is 281 g/mol. The molecule has 5 heteroatoms. The van der Waals surface area contributed by atoms with E-state index in [4.69, 9.17) is 0 Å². The Labute approximate surface area is 114 Å². The van der Waals surface area contributed by atoms with E-state index in [-0.39, 0.29) is 30.6 Å². The molecule has 0 saturated carbocycles. The normalized spacial score (nSPS) is 15.9. The number of rotatable bonds is 2. The third-order valence-corrected chi connectivity index (χ3v) is 2.81. The average Bonchev–Trinajstić information content (AvgIpc) is 2.24. The number of aryl methyl sites for hydroxylation is 1. The number of hydrogen-bond donors (Lipinski definition) is 1. The predicted octanol–water partition coefficient (Wildman–Crippen LogP) is 2.38. The molecule has 0 amide bonds. The Balaban J connectivity index is 0.00000128. The zero-order chi connectivity index (χ0) is 10.7. The Bertz CT molecular complexity index is 341. The first-order valence-electron chi connectivity index (χ1n) is 5.44. The number of nitrogens with one attached hydrogen (secondary N) is 1. The second-order valence-corrected chi connectivity index (χ2v) is 4.12. The fourth-order valence-electron chi connectivity index (χ4n) is 1.89. The lowest BCUT2D eigenvalue weighted by atomic mass is 10.1. The van der Waals surface area contributed by atoms with Gasteiger partial charge in [0.2, 0.25) is 0 Å². The van der Waals surface area contributed by atoms with Gasteiger partial charge in [0.05, 0.1) is 0 Å². The second kappa shape index (κ2) is 7.88. The van der Waals surface area contributed by atoms with Gasteiger partial charge >= 0.3 is 0 Å². The maximum Gasteiger partial charge on any atom is 0.127 e. The van der Waals surface area contributed by atoms with Crippen molar-refractivity contribution in [3.05, 3.63) is 35.1 Å². The van der Waals surface area contributed by atoms with Crippen LogP contribution in [0.4, 0.5) is 4.39 Å². The zero-order valence-corrected chi connectivity index (χ0v) is 11.5. The standard InChI is InChI=1S/C12H17FN2.2ClH/c1-10-2-3-11(12(13)8-10)9-15-6-4-14-5-7-15;;/h2-3,8,14H,4-7,9H2,1H3;2*1H. The quantitative estimate of drug-likeness (QED) is 0.895. The van der Waals surface area contributed by atoms with Gasteiger partial charge in [-0.2, -0.15) is 0 Å². The van der Waals surface area contributed by atoms with Gasteiger partial charge in [0.1, 0.15) is 5.82 Å². The SMILES string of the molecule is Cc1ccc(CN2CCNCC2)c(F)c1.Cl.Cl. The summed E-state index contributed by atoms with van der Waals surface area (Å²) in [6.07, 6.45) is 0. The van der Waals surface area contributed by atoms with Gasteiger partial charge in [-0.05, 0) is 18.6 Å². The molecule has 0 bridgehead atoms. The van der Waals surface area contributed by atoms with Crippen molar-refractivity contribution < 1.29 is 4.39 Å². The van der Waals surface area contributed by atoms with E-state index in [2.05, 4.69) is 10.2 Å². The molecule has 0 unspecified atom stereocenters. The number of nitrogens with zero attached hydrogens (tertiary/aromatic N) is 1. The molecule has 1 aliphatic heterocycles. The molecule has 1 saturated heterocycles. The number of halogens is 3. The van der Waals surface area contributed by atoms with E-state index >= 15 is 0 Å². The first kappa shape index (κ1) is 16.6. The van der Waals surface area contributed by atoms with Crippen LogP contribution >= 0.6 is 24.8 Å². The Hall–Kier alpha value is -0.350. The number of benzene rings is 1. The van der Waals surface area contributed by atoms with Crippen molar-refractivity contribution in [1.29, 1.82) is 0 Å². The van der Waals surface area contributed by atoms with Gasteiger partial charge in [-0.15, -0.1) is 24.8 Å². The van der Waals surface area contributed by atoms with Crippen molar-refractivity contribution in [2.75, 3.05) is 26.2 Å². The Morgan fingerprint density at radius 2 is 1.88 bits per heavy atom. The van der Waals surface area contributed by atoms with E-state index in [1.54, 1.807) is 6.07 Å². The van der Waals surface area contributed by atoms with E-state index in [9.17, 15) is 4.39 Å². The maximum absolute atomic E-state index is 13.6. The second-order valence-electron chi connectivity index (χ2n) is 4.12. The highest BCUT2D eigenvalue weighted by molar-refractivity contribution is 5.85. The number of hydrogen-bond acceptors (Lipinski definition) is 2. The fraction of sp³-hybridized carbons (Fsp3) is 0.500. The largest absolute Gasteiger partial charge is 0.314 e. The summed E-state index contributed by atoms with van der Waals surface area (Å²) < 4.78 is 13.6. The Morgan fingerprint density at radius 3 is 2.47 bits per heavy atom. The van der Waals surface area contributed by atoms with Crippen LogP contribution < -0.4 is 5.32 Å². The van der Waals surface area contributed by atoms with Crippen molar-refractivity contribution in [2.45, 2.75) is 13.5 Å². The first-order valence-corrected chi connectivity index (χ1v) is 5.44. The highest BCUT2D eigenvalue weighted by atomic mass is 35.5. The lowest BCUT2D eigenvalue weighted by Gasteiger charge is -2.27. The maximum atomic E-state index is 13.6. The van der Waals surface area contributed by atoms with Gasteiger partial charge in [0.15, 0.2) is 0 Å². The monoisotopic (exact) mass is 280 g/mol. The Kier molecular flexibility index (Phi) is 7.71. The summed E-state index contributed by atoms with van der Waals surface area (Å²) in [6.45, 7) is 6.67. The molecule has 1 N–H and O–H groups in total. The Morgan fingerprint density at radius 1 is 1.24 bits per heavy atom. The van der Waals surface area contributed by atoms with E-state index in [0.29, 0.717) is 0 Å². The summed E-state index contributed by atoms with van der Waals surface area (Å²) in [7, 11) is 0. The molecule has 1 heterocycles. The van der Waals surface area contributed by atoms with Gasteiger partial charge in [0, 0.05) is 38.3 Å². The molecule has 17 heavy (non-hydrogen) atoms. The lowest BCUT2D eigenvalue weighted by molar-refractivity contribution is 0.230. The highest BCUT2D eigenvalue weighted by Gasteiger charge is 2.11. The molecule has 1 aromatic carbocycles. The third kappa shape index (κ3) is 4.80. The molecule has 2 nitrogen and oxygen atoms in total. The van der Waals surface area contributed by atoms with E-state index in [1.165, 1.54) is 0 Å². The van der Waals surface area contributed by atoms with Gasteiger partial charge in [0.25, 0.3) is 0 Å². The van der Waals surface area contributed by atoms with E-state index < -0.39 is 0 Å². The predicted molar refractivity (Wildman–Crippen MR) is 73.8 cm³/mol. The minimum Gasteiger partial charge on any atom is -0.314 e. The van der Waals surface area contributed by atoms with Crippen LogP contribution in [0.5, 0.6) is 0 Å². The third-order valence-electron chi connectivity index (χ3n) is 2.81. The molecule has 0 atom stereocenters. The van der Waals surface area contributed by atoms with Crippen molar-refractivity contribution in [3.8, 4) is 0 Å². The van der Waals surface area contributed by atoms with Crippen LogP contribution in [0.2, 0.25) is 0 Å². The molecule has 1 fully saturated rings. The summed E-state index contributed by atoms with van der Waals surface area (Å²) in [5, 5.41) is 3.29. The van der Waals surface area contributed by atoms with Crippen molar-refractivity contribution in [3.63, 3.8) is 0 Å². The van der Waals surface area contributed by atoms with Gasteiger partial charge in [-0.25, -0.2) is 4.39 Å². The number of piperazine rings is 1. The molecular weight excluding hydrogens is 262 g/mol. The molecule has 0 radical (unpaired) electrons. The van der Waals surface area contributed by atoms with E-state index in [0.717, 1.165) is 43.9 Å². The summed E-state index contributed by atoms with van der Waals surface area (Å²) >= 11 is 0. The van der Waals surface area contributed by atoms with Crippen molar-refractivity contribution >= 4 is 24.8 Å². The van der Waals surface area contributed by atoms with Gasteiger partial charge in [-0.3, -0.25) is 4.90 Å². The topological polar surface area (TPSA) is 15.3 Å². The van der Waals surface area contributed by atoms with Crippen molar-refractivity contribution in [1.82, 2.24) is 10.2 Å². The summed E-state index contributed by atoms with van der Waals surface area (Å²) in [5.74, 6) is -0.0754. The summed E-state index contributed by atoms with van der Waals surface area (Å²) in [6, 6.07) is 5.48. The molecular formula is C12H19Cl2FN2. The van der Waals surface area contributed by atoms with Gasteiger partial charge in [-0.1, -0.05) is 12.1 Å². The lowest BCUT2D eigenvalue weighted by Crippen LogP contribution is -2.43. The van der Waals surface area contributed by atoms with Crippen LogP contribution in [0.3, 0.4) is 0 Å². The smallest absolute Gasteiger partial charge is 0.127 e. The molecule has 0 aromatic heterocycles. The van der Waals surface area contributed by atoms with Crippen LogP contribution in [0.15, 0.2) is 18.2 Å². The first-order chi connectivity index (χ1) is 7.25. The van der Waals surface area contributed by atoms with Crippen LogP contribution in [-0.2, 0) is 6.54 Å². The molecule has 0 aliphatic carbocycles. The van der Waals surface area contributed by atoms with Gasteiger partial charge < -0.3 is 5.32 Å². The van der Waals surface area contributed by atoms with Crippen LogP contribution in [0, 0.1) is 12.7 Å². The molecule has 0 spiro atoms. The minimum absolute atomic E-state index is 0. The minimum atomic E-state index is -0.0754. The van der Waals surface area contributed by atoms with Crippen LogP contribution in [0.25, 0.3) is 0 Å². The highest BCUT2D eigenvalue weighted by Crippen LogP contribution is 2.12. The molecule has 2 rings (SSSR count). The zero-order valence-electron chi connectivity index (χ0n) is 9.91. The van der Waals surface area contributed by atoms with Crippen LogP contribution in [0.1, 0.15) is 11.1 Å². The van der Waals surface area contributed by atoms with Crippen LogP contribution in [-0.4, -0.2) is 31.1 Å². The fourth-order valence-corrected chi connectivity index (χ4v) is 1.89. The van der Waals surface area contributed by atoms with Crippen molar-refractivity contribution in [2.24, 2.45) is 0 Å². The molecule has 98 valence electrons.